The van der Waals surface area contributed by atoms with Crippen LogP contribution in [0.5, 0.6) is 5.75 Å². The van der Waals surface area contributed by atoms with E-state index in [4.69, 9.17) is 21.9 Å². The molecule has 3 fully saturated rings. The molecule has 43 heavy (non-hydrogen) atoms. The second kappa shape index (κ2) is 16.9. The van der Waals surface area contributed by atoms with E-state index >= 15 is 0 Å². The summed E-state index contributed by atoms with van der Waals surface area (Å²) in [7, 11) is 0. The number of allylic oxidation sites excluding steroid dienone is 4. The predicted molar refractivity (Wildman–Crippen MR) is 190 cm³/mol. The molecular weight excluding hydrogens is 526 g/mol. The zero-order valence-electron chi connectivity index (χ0n) is 29.7. The molecule has 0 heterocycles. The van der Waals surface area contributed by atoms with Gasteiger partial charge in [-0.25, -0.2) is 0 Å². The number of hydrogen-bond acceptors (Lipinski definition) is 4. The van der Waals surface area contributed by atoms with E-state index in [-0.39, 0.29) is 6.10 Å². The first-order chi connectivity index (χ1) is 20.5. The third-order valence-corrected chi connectivity index (χ3v) is 11.4. The summed E-state index contributed by atoms with van der Waals surface area (Å²) in [5.74, 6) is 5.58. The number of ether oxygens (including phenoxy) is 1. The molecule has 4 heteroatoms. The Labute approximate surface area is 266 Å². The lowest BCUT2D eigenvalue weighted by atomic mass is 9.46. The number of hydrogen-bond donors (Lipinski definition) is 3. The zero-order valence-corrected chi connectivity index (χ0v) is 29.7. The minimum absolute atomic E-state index is 0.238. The maximum absolute atomic E-state index is 6.43. The van der Waals surface area contributed by atoms with Gasteiger partial charge in [0.05, 0.1) is 11.8 Å². The van der Waals surface area contributed by atoms with Gasteiger partial charge >= 0.3 is 0 Å². The van der Waals surface area contributed by atoms with Gasteiger partial charge in [-0.3, -0.25) is 0 Å². The van der Waals surface area contributed by atoms with E-state index in [9.17, 15) is 0 Å². The number of fused-ring (bicyclic) bond motifs is 5. The predicted octanol–water partition coefficient (Wildman–Crippen LogP) is 10.4. The van der Waals surface area contributed by atoms with E-state index in [0.717, 1.165) is 54.7 Å². The first-order valence-electron chi connectivity index (χ1n) is 17.9. The molecule has 0 bridgehead atoms. The highest BCUT2D eigenvalue weighted by atomic mass is 16.5. The molecule has 9 unspecified atom stereocenters. The maximum atomic E-state index is 6.43. The monoisotopic (exact) mass is 596 g/mol. The smallest absolute Gasteiger partial charge is 0.142 e. The lowest BCUT2D eigenvalue weighted by Crippen LogP contribution is -2.52. The van der Waals surface area contributed by atoms with E-state index in [1.807, 2.05) is 52.8 Å². The molecule has 0 amide bonds. The van der Waals surface area contributed by atoms with Crippen molar-refractivity contribution in [2.24, 2.45) is 52.1 Å². The average Bonchev–Trinajstić information content (AvgIpc) is 3.34. The Morgan fingerprint density at radius 1 is 0.953 bits per heavy atom. The fourth-order valence-corrected chi connectivity index (χ4v) is 9.35. The van der Waals surface area contributed by atoms with Crippen molar-refractivity contribution in [3.05, 3.63) is 42.0 Å². The first kappa shape index (κ1) is 37.2. The van der Waals surface area contributed by atoms with Gasteiger partial charge < -0.3 is 21.9 Å². The van der Waals surface area contributed by atoms with Crippen LogP contribution in [0, 0.1) is 46.3 Å². The first-order valence-corrected chi connectivity index (χ1v) is 17.9. The van der Waals surface area contributed by atoms with Crippen LogP contribution >= 0.6 is 0 Å². The quantitative estimate of drug-likeness (QED) is 0.225. The molecule has 1 aromatic rings. The molecular formula is C39H69N3O. The van der Waals surface area contributed by atoms with Gasteiger partial charge in [-0.15, -0.1) is 0 Å². The van der Waals surface area contributed by atoms with E-state index in [1.54, 1.807) is 0 Å². The van der Waals surface area contributed by atoms with Crippen molar-refractivity contribution in [1.82, 2.24) is 0 Å². The third-order valence-electron chi connectivity index (χ3n) is 11.4. The standard InChI is InChI=1S/C33H50N2O.C2H7N.2C2H6/c1-21(2)7-6-8-22(3)27-12-13-28-26-11-9-23-19-25(36-31-14-10-24(34)20-30(31)35)15-17-32(23,4)29(26)16-18-33(27,28)5;1-2-3;2*1-2/h7,9-11,14,20,22-23,25-29H,6,8,12-13,15-19,34-35H2,1-5H3;2-3H2,1H3;2*1-2H3. The van der Waals surface area contributed by atoms with Crippen LogP contribution in [0.2, 0.25) is 0 Å². The molecule has 0 saturated heterocycles. The van der Waals surface area contributed by atoms with Crippen LogP contribution in [0.15, 0.2) is 42.0 Å². The van der Waals surface area contributed by atoms with E-state index in [2.05, 4.69) is 52.8 Å². The van der Waals surface area contributed by atoms with E-state index in [0.29, 0.717) is 28.1 Å². The molecule has 0 spiro atoms. The summed E-state index contributed by atoms with van der Waals surface area (Å²) >= 11 is 0. The van der Waals surface area contributed by atoms with E-state index in [1.165, 1.54) is 50.5 Å². The number of anilines is 2. The van der Waals surface area contributed by atoms with Crippen LogP contribution in [-0.2, 0) is 0 Å². The van der Waals surface area contributed by atoms with Gasteiger partial charge in [0.1, 0.15) is 5.75 Å². The van der Waals surface area contributed by atoms with Crippen LogP contribution in [0.3, 0.4) is 0 Å². The molecule has 4 aliphatic rings. The normalized spacial score (nSPS) is 34.2. The van der Waals surface area contributed by atoms with Crippen molar-refractivity contribution in [3.63, 3.8) is 0 Å². The van der Waals surface area contributed by atoms with Crippen molar-refractivity contribution in [3.8, 4) is 5.75 Å². The lowest BCUT2D eigenvalue weighted by molar-refractivity contribution is -0.0781. The highest BCUT2D eigenvalue weighted by molar-refractivity contribution is 5.60. The number of nitrogens with two attached hydrogens (primary N) is 3. The minimum atomic E-state index is 0.238. The van der Waals surface area contributed by atoms with Crippen molar-refractivity contribution in [2.75, 3.05) is 18.0 Å². The van der Waals surface area contributed by atoms with Gasteiger partial charge in [0, 0.05) is 5.69 Å². The summed E-state index contributed by atoms with van der Waals surface area (Å²) in [4.78, 5) is 0. The summed E-state index contributed by atoms with van der Waals surface area (Å²) in [5.41, 5.74) is 20.7. The number of rotatable bonds is 6. The number of benzene rings is 1. The van der Waals surface area contributed by atoms with Crippen LogP contribution < -0.4 is 21.9 Å². The molecule has 1 aromatic carbocycles. The lowest BCUT2D eigenvalue weighted by Gasteiger charge is -2.59. The molecule has 4 aliphatic carbocycles. The Balaban J connectivity index is 0.000000853. The summed E-state index contributed by atoms with van der Waals surface area (Å²) < 4.78 is 6.43. The van der Waals surface area contributed by atoms with Gasteiger partial charge in [-0.1, -0.05) is 79.2 Å². The summed E-state index contributed by atoms with van der Waals surface area (Å²) in [6, 6.07) is 5.63. The Bertz CT molecular complexity index is 1030. The molecule has 0 aromatic heterocycles. The maximum Gasteiger partial charge on any atom is 0.142 e. The van der Waals surface area contributed by atoms with Crippen LogP contribution in [0.4, 0.5) is 11.4 Å². The summed E-state index contributed by atoms with van der Waals surface area (Å²) in [5, 5.41) is 0. The Kier molecular flexibility index (Phi) is 14.7. The molecule has 6 N–H and O–H groups in total. The summed E-state index contributed by atoms with van der Waals surface area (Å²) in [6.45, 7) is 23.0. The summed E-state index contributed by atoms with van der Waals surface area (Å²) in [6.07, 6.45) is 19.7. The fraction of sp³-hybridized carbons (Fsp3) is 0.744. The highest BCUT2D eigenvalue weighted by Crippen LogP contribution is 2.67. The molecule has 5 rings (SSSR count). The largest absolute Gasteiger partial charge is 0.488 e. The second-order valence-corrected chi connectivity index (χ2v) is 14.1. The van der Waals surface area contributed by atoms with Crippen LogP contribution in [0.25, 0.3) is 0 Å². The van der Waals surface area contributed by atoms with Crippen molar-refractivity contribution >= 4 is 11.4 Å². The Hall–Kier alpha value is -1.94. The minimum Gasteiger partial charge on any atom is -0.488 e. The Morgan fingerprint density at radius 2 is 1.58 bits per heavy atom. The molecule has 3 saturated carbocycles. The molecule has 9 atom stereocenters. The zero-order chi connectivity index (χ0) is 32.4. The van der Waals surface area contributed by atoms with Crippen LogP contribution in [0.1, 0.15) is 127 Å². The second-order valence-electron chi connectivity index (χ2n) is 14.1. The number of nitrogen functional groups attached to an aromatic ring is 2. The SMILES string of the molecule is CC.CC.CC(C)=CCCC(C)C1CCC2C3C=CC4CC(Oc5ccc(N)cc5N)CCC4(C)C3CCC12C.CCN. The van der Waals surface area contributed by atoms with Gasteiger partial charge in [0.25, 0.3) is 0 Å². The molecule has 4 nitrogen and oxygen atoms in total. The van der Waals surface area contributed by atoms with Crippen LogP contribution in [-0.4, -0.2) is 12.6 Å². The third kappa shape index (κ3) is 8.41. The van der Waals surface area contributed by atoms with Gasteiger partial charge in [-0.2, -0.15) is 0 Å². The van der Waals surface area contributed by atoms with Crippen molar-refractivity contribution in [2.45, 2.75) is 133 Å². The van der Waals surface area contributed by atoms with Crippen molar-refractivity contribution in [1.29, 1.82) is 0 Å². The van der Waals surface area contributed by atoms with Gasteiger partial charge in [0.15, 0.2) is 0 Å². The van der Waals surface area contributed by atoms with Gasteiger partial charge in [-0.05, 0) is 143 Å². The average molecular weight is 596 g/mol. The van der Waals surface area contributed by atoms with Crippen molar-refractivity contribution < 1.29 is 4.74 Å². The Morgan fingerprint density at radius 3 is 2.21 bits per heavy atom. The van der Waals surface area contributed by atoms with Gasteiger partial charge in [0.2, 0.25) is 0 Å². The van der Waals surface area contributed by atoms with E-state index < -0.39 is 0 Å². The molecule has 246 valence electrons. The fourth-order valence-electron chi connectivity index (χ4n) is 9.35. The molecule has 0 radical (unpaired) electrons. The topological polar surface area (TPSA) is 87.3 Å². The molecule has 0 aliphatic heterocycles. The highest BCUT2D eigenvalue weighted by Gasteiger charge is 2.59.